The molecule has 3 fully saturated rings. The fourth-order valence-electron chi connectivity index (χ4n) is 5.59. The average molecular weight is 445 g/mol. The van der Waals surface area contributed by atoms with E-state index in [0.29, 0.717) is 12.2 Å². The van der Waals surface area contributed by atoms with Gasteiger partial charge >= 0.3 is 12.1 Å². The van der Waals surface area contributed by atoms with Gasteiger partial charge in [-0.1, -0.05) is 31.7 Å². The maximum atomic E-state index is 13.0. The normalized spacial score (nSPS) is 29.4. The van der Waals surface area contributed by atoms with E-state index in [0.717, 1.165) is 37.7 Å². The van der Waals surface area contributed by atoms with E-state index in [1.165, 1.54) is 6.08 Å². The number of fused-ring (bicyclic) bond motifs is 3. The summed E-state index contributed by atoms with van der Waals surface area (Å²) in [4.78, 5) is 41.9. The van der Waals surface area contributed by atoms with Crippen molar-refractivity contribution < 1.29 is 29.0 Å². The van der Waals surface area contributed by atoms with E-state index in [2.05, 4.69) is 13.2 Å². The van der Waals surface area contributed by atoms with Gasteiger partial charge in [-0.05, 0) is 38.2 Å². The van der Waals surface area contributed by atoms with Crippen molar-refractivity contribution in [2.75, 3.05) is 19.8 Å². The molecule has 0 bridgehead atoms. The minimum absolute atomic E-state index is 0.0115. The summed E-state index contributed by atoms with van der Waals surface area (Å²) in [5.74, 6) is -1.37. The molecule has 8 nitrogen and oxygen atoms in total. The highest BCUT2D eigenvalue weighted by atomic mass is 16.6. The smallest absolute Gasteiger partial charge is 0.410 e. The highest BCUT2D eigenvalue weighted by Gasteiger charge is 2.62. The molecule has 2 heterocycles. The third kappa shape index (κ3) is 3.85. The molecule has 0 unspecified atom stereocenters. The molecule has 0 radical (unpaired) electrons. The summed E-state index contributed by atoms with van der Waals surface area (Å²) in [5.41, 5.74) is 1.21. The van der Waals surface area contributed by atoms with Gasteiger partial charge in [-0.2, -0.15) is 0 Å². The van der Waals surface area contributed by atoms with Crippen molar-refractivity contribution in [3.05, 3.63) is 36.6 Å². The molecule has 1 saturated heterocycles. The zero-order valence-corrected chi connectivity index (χ0v) is 18.6. The van der Waals surface area contributed by atoms with Gasteiger partial charge in [0.25, 0.3) is 0 Å². The number of carbonyl (C=O) groups excluding carboxylic acids is 3. The molecule has 2 aliphatic heterocycles. The Morgan fingerprint density at radius 2 is 1.88 bits per heavy atom. The number of nitrogens with zero attached hydrogens (tertiary/aromatic N) is 2. The molecule has 2 aliphatic carbocycles. The van der Waals surface area contributed by atoms with Crippen LogP contribution < -0.4 is 0 Å². The molecule has 2 amide bonds. The first-order valence-corrected chi connectivity index (χ1v) is 11.5. The van der Waals surface area contributed by atoms with Crippen molar-refractivity contribution in [2.45, 2.75) is 57.2 Å². The van der Waals surface area contributed by atoms with Crippen LogP contribution in [0.5, 0.6) is 0 Å². The van der Waals surface area contributed by atoms with Gasteiger partial charge < -0.3 is 24.4 Å². The van der Waals surface area contributed by atoms with Crippen LogP contribution in [0, 0.1) is 17.8 Å². The van der Waals surface area contributed by atoms with Crippen molar-refractivity contribution in [3.63, 3.8) is 0 Å². The standard InChI is InChI=1S/C24H32N2O6/c1-4-11-31-23(29)21-19-15(13-25(16-9-10-16)24(30)32-12-5-2)7-6-8-17(19)20-18(14(3)27)22(28)26(20)21/h4-5,14-18,20,27H,1-2,6-13H2,3H3/t14-,15+,17-,18-,20-/m1/s1. The third-order valence-electron chi connectivity index (χ3n) is 7.03. The first-order chi connectivity index (χ1) is 15.4. The lowest BCUT2D eigenvalue weighted by molar-refractivity contribution is -0.164. The van der Waals surface area contributed by atoms with E-state index in [1.54, 1.807) is 22.8 Å². The Morgan fingerprint density at radius 1 is 1.19 bits per heavy atom. The van der Waals surface area contributed by atoms with Crippen LogP contribution in [0.4, 0.5) is 4.79 Å². The number of β-lactam (4-membered cyclic amide) rings is 1. The Kier molecular flexibility index (Phi) is 6.42. The van der Waals surface area contributed by atoms with Crippen LogP contribution in [-0.4, -0.2) is 70.8 Å². The number of ether oxygens (including phenoxy) is 2. The van der Waals surface area contributed by atoms with Crippen LogP contribution in [-0.2, 0) is 19.1 Å². The highest BCUT2D eigenvalue weighted by molar-refractivity contribution is 6.01. The number of hydrogen-bond acceptors (Lipinski definition) is 6. The Labute approximate surface area is 188 Å². The molecule has 0 aromatic heterocycles. The topological polar surface area (TPSA) is 96.4 Å². The monoisotopic (exact) mass is 444 g/mol. The van der Waals surface area contributed by atoms with Gasteiger partial charge in [-0.25, -0.2) is 9.59 Å². The fraction of sp³-hybridized carbons (Fsp3) is 0.625. The predicted molar refractivity (Wildman–Crippen MR) is 116 cm³/mol. The van der Waals surface area contributed by atoms with Crippen LogP contribution in [0.25, 0.3) is 0 Å². The first kappa shape index (κ1) is 22.6. The van der Waals surface area contributed by atoms with Crippen molar-refractivity contribution in [1.29, 1.82) is 0 Å². The molecular formula is C24H32N2O6. The number of aliphatic hydroxyl groups is 1. The molecule has 0 spiro atoms. The lowest BCUT2D eigenvalue weighted by Crippen LogP contribution is -2.64. The number of carbonyl (C=O) groups is 3. The van der Waals surface area contributed by atoms with Crippen molar-refractivity contribution >= 4 is 18.0 Å². The van der Waals surface area contributed by atoms with Gasteiger partial charge in [0.2, 0.25) is 5.91 Å². The van der Waals surface area contributed by atoms with E-state index in [-0.39, 0.29) is 49.1 Å². The van der Waals surface area contributed by atoms with E-state index in [4.69, 9.17) is 9.47 Å². The number of rotatable bonds is 9. The average Bonchev–Trinajstić information content (AvgIpc) is 3.56. The summed E-state index contributed by atoms with van der Waals surface area (Å²) in [6.07, 6.45) is 6.33. The second-order valence-electron chi connectivity index (χ2n) is 9.14. The summed E-state index contributed by atoms with van der Waals surface area (Å²) in [5, 5.41) is 10.2. The Hall–Kier alpha value is -2.61. The minimum atomic E-state index is -0.786. The fourth-order valence-corrected chi connectivity index (χ4v) is 5.59. The van der Waals surface area contributed by atoms with E-state index < -0.39 is 18.0 Å². The first-order valence-electron chi connectivity index (χ1n) is 11.5. The number of amides is 2. The van der Waals surface area contributed by atoms with Gasteiger partial charge in [-0.15, -0.1) is 0 Å². The molecule has 5 atom stereocenters. The molecule has 32 heavy (non-hydrogen) atoms. The van der Waals surface area contributed by atoms with Crippen LogP contribution in [0.2, 0.25) is 0 Å². The molecule has 0 aromatic carbocycles. The molecule has 174 valence electrons. The number of esters is 1. The van der Waals surface area contributed by atoms with E-state index in [9.17, 15) is 19.5 Å². The molecule has 1 N–H and O–H groups in total. The Morgan fingerprint density at radius 3 is 2.50 bits per heavy atom. The molecule has 0 aromatic rings. The Bertz CT molecular complexity index is 845. The maximum Gasteiger partial charge on any atom is 0.410 e. The molecular weight excluding hydrogens is 412 g/mol. The lowest BCUT2D eigenvalue weighted by Gasteiger charge is -2.47. The third-order valence-corrected chi connectivity index (χ3v) is 7.03. The zero-order chi connectivity index (χ0) is 23.0. The predicted octanol–water partition coefficient (Wildman–Crippen LogP) is 2.39. The van der Waals surface area contributed by atoms with Gasteiger partial charge in [-0.3, -0.25) is 4.79 Å². The van der Waals surface area contributed by atoms with E-state index >= 15 is 0 Å². The number of hydrogen-bond donors (Lipinski definition) is 1. The second kappa shape index (κ2) is 9.10. The maximum absolute atomic E-state index is 13.0. The molecule has 4 rings (SSSR count). The van der Waals surface area contributed by atoms with Crippen LogP contribution >= 0.6 is 0 Å². The van der Waals surface area contributed by atoms with Crippen LogP contribution in [0.15, 0.2) is 36.6 Å². The Balaban J connectivity index is 1.65. The SMILES string of the molecule is C=CCOC(=O)C1=C2[C@H](CN(C(=O)OCC=C)C3CC3)CCC[C@H]2[C@@H]2[C@@H]([C@@H](C)O)C(=O)N12. The lowest BCUT2D eigenvalue weighted by atomic mass is 9.69. The van der Waals surface area contributed by atoms with Crippen LogP contribution in [0.3, 0.4) is 0 Å². The van der Waals surface area contributed by atoms with E-state index in [1.807, 2.05) is 0 Å². The largest absolute Gasteiger partial charge is 0.457 e. The van der Waals surface area contributed by atoms with Gasteiger partial charge in [0.1, 0.15) is 18.9 Å². The summed E-state index contributed by atoms with van der Waals surface area (Å²) in [6, 6.07) is -0.0802. The highest BCUT2D eigenvalue weighted by Crippen LogP contribution is 2.54. The zero-order valence-electron chi connectivity index (χ0n) is 18.6. The summed E-state index contributed by atoms with van der Waals surface area (Å²) in [7, 11) is 0. The summed E-state index contributed by atoms with van der Waals surface area (Å²) in [6.45, 7) is 9.46. The molecule has 4 aliphatic rings. The van der Waals surface area contributed by atoms with Gasteiger partial charge in [0.15, 0.2) is 0 Å². The van der Waals surface area contributed by atoms with Crippen molar-refractivity contribution in [1.82, 2.24) is 9.80 Å². The molecule has 2 saturated carbocycles. The second-order valence-corrected chi connectivity index (χ2v) is 9.14. The van der Waals surface area contributed by atoms with Gasteiger partial charge in [0.05, 0.1) is 18.1 Å². The quantitative estimate of drug-likeness (QED) is 0.333. The molecule has 8 heteroatoms. The minimum Gasteiger partial charge on any atom is -0.457 e. The summed E-state index contributed by atoms with van der Waals surface area (Å²) >= 11 is 0. The van der Waals surface area contributed by atoms with Crippen molar-refractivity contribution in [2.24, 2.45) is 17.8 Å². The van der Waals surface area contributed by atoms with Gasteiger partial charge in [0, 0.05) is 24.4 Å². The van der Waals surface area contributed by atoms with Crippen molar-refractivity contribution in [3.8, 4) is 0 Å². The number of aliphatic hydroxyl groups excluding tert-OH is 1. The summed E-state index contributed by atoms with van der Waals surface area (Å²) < 4.78 is 10.7. The van der Waals surface area contributed by atoms with Crippen LogP contribution in [0.1, 0.15) is 39.0 Å².